The summed E-state index contributed by atoms with van der Waals surface area (Å²) in [4.78, 5) is 57.8. The van der Waals surface area contributed by atoms with Crippen LogP contribution in [0.2, 0.25) is 5.02 Å². The average molecular weight is 555 g/mol. The molecule has 7 rings (SSSR count). The van der Waals surface area contributed by atoms with Gasteiger partial charge in [0.05, 0.1) is 17.5 Å². The van der Waals surface area contributed by atoms with Crippen LogP contribution in [0.3, 0.4) is 0 Å². The van der Waals surface area contributed by atoms with Crippen molar-refractivity contribution in [1.82, 2.24) is 10.3 Å². The number of nitrogens with one attached hydrogen (secondary N) is 3. The minimum atomic E-state index is -1.47. The van der Waals surface area contributed by atoms with Crippen molar-refractivity contribution in [2.45, 2.75) is 24.9 Å². The summed E-state index contributed by atoms with van der Waals surface area (Å²) < 4.78 is 5.11. The Labute approximate surface area is 233 Å². The second-order valence-electron chi connectivity index (χ2n) is 10.4. The Morgan fingerprint density at radius 3 is 2.58 bits per heavy atom. The first-order chi connectivity index (χ1) is 19.3. The second kappa shape index (κ2) is 8.77. The van der Waals surface area contributed by atoms with Gasteiger partial charge in [0.15, 0.2) is 0 Å². The Hall–Kier alpha value is -4.47. The average Bonchev–Trinajstić information content (AvgIpc) is 3.64. The number of H-pyrrole nitrogens is 1. The van der Waals surface area contributed by atoms with Crippen molar-refractivity contribution in [3.8, 4) is 5.75 Å². The van der Waals surface area contributed by atoms with E-state index in [1.807, 2.05) is 30.5 Å². The number of aromatic amines is 1. The first-order valence-electron chi connectivity index (χ1n) is 12.9. The van der Waals surface area contributed by atoms with Gasteiger partial charge in [-0.05, 0) is 60.5 Å². The van der Waals surface area contributed by atoms with E-state index in [2.05, 4.69) is 15.6 Å². The Kier molecular flexibility index (Phi) is 5.39. The van der Waals surface area contributed by atoms with E-state index in [-0.39, 0.29) is 0 Å². The molecule has 3 aromatic carbocycles. The molecule has 3 N–H and O–H groups in total. The van der Waals surface area contributed by atoms with Gasteiger partial charge in [0.2, 0.25) is 17.7 Å². The van der Waals surface area contributed by atoms with Crippen LogP contribution in [0.5, 0.6) is 5.75 Å². The SMILES string of the molecule is CC(=O)Oc1ccc(N2C(=O)[C@@H]3[C@H](Cc4c[nH]c5ccccc45)N[C@@]4(C(=O)Nc5ccc(Cl)cc54)[C@@H]3C2=O)cc1. The lowest BCUT2D eigenvalue weighted by Gasteiger charge is -2.29. The van der Waals surface area contributed by atoms with Crippen molar-refractivity contribution in [1.29, 1.82) is 0 Å². The Balaban J connectivity index is 1.34. The molecule has 0 saturated carbocycles. The number of aromatic nitrogens is 1. The molecule has 0 radical (unpaired) electrons. The molecule has 1 spiro atoms. The number of esters is 1. The second-order valence-corrected chi connectivity index (χ2v) is 10.8. The lowest BCUT2D eigenvalue weighted by Crippen LogP contribution is -2.53. The lowest BCUT2D eigenvalue weighted by molar-refractivity contribution is -0.132. The van der Waals surface area contributed by atoms with Crippen LogP contribution in [0.4, 0.5) is 11.4 Å². The number of para-hydroxylation sites is 1. The Morgan fingerprint density at radius 1 is 1.02 bits per heavy atom. The molecule has 4 heterocycles. The standard InChI is InChI=1S/C30H23ClN4O5/c1-15(36)40-19-9-7-18(8-10-19)35-27(37)25-24(12-16-14-32-22-5-3-2-4-20(16)22)34-30(26(25)28(35)38)21-13-17(31)6-11-23(21)33-29(30)39/h2-11,13-14,24-26,32,34H,12H2,1H3,(H,33,39)/t24-,25+,26-,30+/m0/s1. The molecule has 2 saturated heterocycles. The van der Waals surface area contributed by atoms with Gasteiger partial charge in [-0.2, -0.15) is 0 Å². The normalized spacial score (nSPS) is 25.0. The number of imide groups is 1. The highest BCUT2D eigenvalue weighted by Crippen LogP contribution is 2.54. The highest BCUT2D eigenvalue weighted by molar-refractivity contribution is 6.31. The molecule has 2 fully saturated rings. The molecule has 200 valence electrons. The van der Waals surface area contributed by atoms with Gasteiger partial charge in [-0.15, -0.1) is 0 Å². The number of hydrogen-bond donors (Lipinski definition) is 3. The molecule has 1 aromatic heterocycles. The van der Waals surface area contributed by atoms with E-state index in [4.69, 9.17) is 16.3 Å². The monoisotopic (exact) mass is 554 g/mol. The summed E-state index contributed by atoms with van der Waals surface area (Å²) in [7, 11) is 0. The van der Waals surface area contributed by atoms with Crippen LogP contribution in [-0.4, -0.2) is 34.7 Å². The molecule has 4 atom stereocenters. The van der Waals surface area contributed by atoms with Crippen LogP contribution in [0.1, 0.15) is 18.1 Å². The van der Waals surface area contributed by atoms with E-state index >= 15 is 0 Å². The number of fused-ring (bicyclic) bond motifs is 5. The highest BCUT2D eigenvalue weighted by Gasteiger charge is 2.70. The summed E-state index contributed by atoms with van der Waals surface area (Å²) in [6, 6.07) is 18.6. The predicted molar refractivity (Wildman–Crippen MR) is 148 cm³/mol. The number of benzene rings is 3. The maximum atomic E-state index is 14.2. The van der Waals surface area contributed by atoms with Gasteiger partial charge >= 0.3 is 5.97 Å². The van der Waals surface area contributed by atoms with Crippen molar-refractivity contribution < 1.29 is 23.9 Å². The number of amides is 3. The van der Waals surface area contributed by atoms with Crippen LogP contribution in [0.25, 0.3) is 10.9 Å². The molecule has 0 bridgehead atoms. The third-order valence-corrected chi connectivity index (χ3v) is 8.38. The number of carbonyl (C=O) groups is 4. The van der Waals surface area contributed by atoms with Crippen LogP contribution in [0.15, 0.2) is 72.9 Å². The first-order valence-corrected chi connectivity index (χ1v) is 13.3. The summed E-state index contributed by atoms with van der Waals surface area (Å²) in [5, 5.41) is 7.78. The van der Waals surface area contributed by atoms with Gasteiger partial charge in [0.1, 0.15) is 11.3 Å². The number of ether oxygens (including phenoxy) is 1. The number of rotatable bonds is 4. The minimum Gasteiger partial charge on any atom is -0.427 e. The number of anilines is 2. The molecular weight excluding hydrogens is 532 g/mol. The van der Waals surface area contributed by atoms with Crippen LogP contribution >= 0.6 is 11.6 Å². The van der Waals surface area contributed by atoms with Gasteiger partial charge in [0, 0.05) is 46.3 Å². The molecule has 0 unspecified atom stereocenters. The summed E-state index contributed by atoms with van der Waals surface area (Å²) in [6.45, 7) is 1.29. The van der Waals surface area contributed by atoms with Crippen molar-refractivity contribution in [3.63, 3.8) is 0 Å². The van der Waals surface area contributed by atoms with Crippen molar-refractivity contribution in [2.24, 2.45) is 11.8 Å². The molecular formula is C30H23ClN4O5. The third-order valence-electron chi connectivity index (χ3n) is 8.15. The quantitative estimate of drug-likeness (QED) is 0.200. The maximum Gasteiger partial charge on any atom is 0.308 e. The topological polar surface area (TPSA) is 121 Å². The van der Waals surface area contributed by atoms with Crippen LogP contribution in [0, 0.1) is 11.8 Å². The Morgan fingerprint density at radius 2 is 1.80 bits per heavy atom. The molecule has 4 aromatic rings. The van der Waals surface area contributed by atoms with Gasteiger partial charge in [0.25, 0.3) is 0 Å². The molecule has 3 aliphatic rings. The van der Waals surface area contributed by atoms with E-state index in [1.54, 1.807) is 30.3 Å². The number of halogens is 1. The van der Waals surface area contributed by atoms with E-state index in [9.17, 15) is 19.2 Å². The number of hydrogen-bond acceptors (Lipinski definition) is 6. The molecule has 3 aliphatic heterocycles. The fourth-order valence-electron chi connectivity index (χ4n) is 6.57. The van der Waals surface area contributed by atoms with Gasteiger partial charge in [-0.1, -0.05) is 29.8 Å². The lowest BCUT2D eigenvalue weighted by atomic mass is 9.76. The smallest absolute Gasteiger partial charge is 0.308 e. The molecule has 40 heavy (non-hydrogen) atoms. The van der Waals surface area contributed by atoms with E-state index in [0.29, 0.717) is 34.1 Å². The summed E-state index contributed by atoms with van der Waals surface area (Å²) in [6.07, 6.45) is 2.31. The highest BCUT2D eigenvalue weighted by atomic mass is 35.5. The predicted octanol–water partition coefficient (Wildman–Crippen LogP) is 3.91. The summed E-state index contributed by atoms with van der Waals surface area (Å²) >= 11 is 6.36. The molecule has 9 nitrogen and oxygen atoms in total. The van der Waals surface area contributed by atoms with Gasteiger partial charge in [-0.25, -0.2) is 4.90 Å². The zero-order valence-corrected chi connectivity index (χ0v) is 22.0. The number of carbonyl (C=O) groups excluding carboxylic acids is 4. The van der Waals surface area contributed by atoms with Crippen LogP contribution in [-0.2, 0) is 31.1 Å². The van der Waals surface area contributed by atoms with Gasteiger partial charge in [-0.3, -0.25) is 24.5 Å². The van der Waals surface area contributed by atoms with Crippen molar-refractivity contribution >= 4 is 57.6 Å². The fourth-order valence-corrected chi connectivity index (χ4v) is 6.74. The van der Waals surface area contributed by atoms with Crippen molar-refractivity contribution in [2.75, 3.05) is 10.2 Å². The maximum absolute atomic E-state index is 14.2. The van der Waals surface area contributed by atoms with Gasteiger partial charge < -0.3 is 15.0 Å². The van der Waals surface area contributed by atoms with Crippen LogP contribution < -0.4 is 20.3 Å². The largest absolute Gasteiger partial charge is 0.427 e. The van der Waals surface area contributed by atoms with E-state index in [0.717, 1.165) is 21.4 Å². The van der Waals surface area contributed by atoms with E-state index < -0.39 is 47.1 Å². The zero-order chi connectivity index (χ0) is 27.8. The van der Waals surface area contributed by atoms with Crippen molar-refractivity contribution in [3.05, 3.63) is 89.1 Å². The first kappa shape index (κ1) is 24.6. The Bertz CT molecular complexity index is 1750. The summed E-state index contributed by atoms with van der Waals surface area (Å²) in [5.41, 5.74) is 1.90. The molecule has 10 heteroatoms. The summed E-state index contributed by atoms with van der Waals surface area (Å²) in [5.74, 6) is -3.26. The fraction of sp³-hybridized carbons (Fsp3) is 0.200. The minimum absolute atomic E-state index is 0.296. The molecule has 3 amide bonds. The molecule has 0 aliphatic carbocycles. The zero-order valence-electron chi connectivity index (χ0n) is 21.2. The third kappa shape index (κ3) is 3.44. The van der Waals surface area contributed by atoms with E-state index in [1.165, 1.54) is 19.1 Å². The number of nitrogens with zero attached hydrogens (tertiary/aromatic N) is 1.